The molecule has 1 fully saturated rings. The van der Waals surface area contributed by atoms with E-state index in [-0.39, 0.29) is 17.9 Å². The number of nitrogens with one attached hydrogen (secondary N) is 2. The zero-order valence-electron chi connectivity index (χ0n) is 10.7. The summed E-state index contributed by atoms with van der Waals surface area (Å²) >= 11 is 0. The second-order valence-electron chi connectivity index (χ2n) is 4.81. The van der Waals surface area contributed by atoms with Gasteiger partial charge in [-0.05, 0) is 31.4 Å². The van der Waals surface area contributed by atoms with Crippen LogP contribution in [0.4, 0.5) is 0 Å². The number of imide groups is 1. The van der Waals surface area contributed by atoms with Gasteiger partial charge in [-0.25, -0.2) is 0 Å². The molecule has 0 radical (unpaired) electrons. The number of benzene rings is 1. The molecule has 0 saturated carbocycles. The molecule has 1 aliphatic rings. The van der Waals surface area contributed by atoms with Crippen molar-refractivity contribution in [3.63, 3.8) is 0 Å². The Morgan fingerprint density at radius 2 is 2.11 bits per heavy atom. The Balaban J connectivity index is 1.95. The van der Waals surface area contributed by atoms with E-state index >= 15 is 0 Å². The van der Waals surface area contributed by atoms with Gasteiger partial charge in [0, 0.05) is 13.0 Å². The first-order valence-electron chi connectivity index (χ1n) is 6.19. The highest BCUT2D eigenvalue weighted by Crippen LogP contribution is 2.11. The number of rotatable bonds is 3. The van der Waals surface area contributed by atoms with Gasteiger partial charge in [-0.2, -0.15) is 0 Å². The predicted molar refractivity (Wildman–Crippen MR) is 68.9 cm³/mol. The minimum atomic E-state index is -0.261. The van der Waals surface area contributed by atoms with Crippen LogP contribution < -0.4 is 10.6 Å². The van der Waals surface area contributed by atoms with Crippen LogP contribution in [0.1, 0.15) is 29.5 Å². The van der Waals surface area contributed by atoms with E-state index in [2.05, 4.69) is 42.7 Å². The van der Waals surface area contributed by atoms with E-state index < -0.39 is 0 Å². The molecule has 1 heterocycles. The van der Waals surface area contributed by atoms with Crippen molar-refractivity contribution in [1.29, 1.82) is 0 Å². The summed E-state index contributed by atoms with van der Waals surface area (Å²) in [6, 6.07) is 6.00. The van der Waals surface area contributed by atoms with Crippen molar-refractivity contribution in [1.82, 2.24) is 10.6 Å². The minimum absolute atomic E-state index is 0.176. The van der Waals surface area contributed by atoms with Gasteiger partial charge in [0.25, 0.3) is 0 Å². The molecule has 0 bridgehead atoms. The quantitative estimate of drug-likeness (QED) is 0.788. The van der Waals surface area contributed by atoms with Crippen LogP contribution in [0.25, 0.3) is 0 Å². The van der Waals surface area contributed by atoms with E-state index in [1.54, 1.807) is 0 Å². The van der Waals surface area contributed by atoms with Crippen molar-refractivity contribution >= 4 is 11.8 Å². The van der Waals surface area contributed by atoms with Gasteiger partial charge >= 0.3 is 0 Å². The Labute approximate surface area is 107 Å². The summed E-state index contributed by atoms with van der Waals surface area (Å²) in [5, 5.41) is 5.55. The van der Waals surface area contributed by atoms with Crippen molar-refractivity contribution in [3.05, 3.63) is 34.9 Å². The second kappa shape index (κ2) is 5.31. The van der Waals surface area contributed by atoms with E-state index in [1.165, 1.54) is 16.7 Å². The average Bonchev–Trinajstić information content (AvgIpc) is 2.30. The van der Waals surface area contributed by atoms with E-state index in [1.807, 2.05) is 0 Å². The summed E-state index contributed by atoms with van der Waals surface area (Å²) in [7, 11) is 0. The summed E-state index contributed by atoms with van der Waals surface area (Å²) in [5.41, 5.74) is 3.64. The maximum Gasteiger partial charge on any atom is 0.243 e. The van der Waals surface area contributed by atoms with Crippen LogP contribution in [-0.4, -0.2) is 17.9 Å². The molecule has 0 aliphatic carbocycles. The molecule has 2 N–H and O–H groups in total. The molecule has 4 nitrogen and oxygen atoms in total. The lowest BCUT2D eigenvalue weighted by Gasteiger charge is -2.22. The highest BCUT2D eigenvalue weighted by Gasteiger charge is 2.25. The zero-order valence-corrected chi connectivity index (χ0v) is 10.7. The molecule has 0 aromatic heterocycles. The fraction of sp³-hybridized carbons (Fsp3) is 0.429. The second-order valence-corrected chi connectivity index (χ2v) is 4.81. The monoisotopic (exact) mass is 246 g/mol. The molecule has 1 aromatic carbocycles. The van der Waals surface area contributed by atoms with Crippen LogP contribution in [0, 0.1) is 13.8 Å². The lowest BCUT2D eigenvalue weighted by molar-refractivity contribution is -0.134. The van der Waals surface area contributed by atoms with Crippen molar-refractivity contribution in [2.75, 3.05) is 0 Å². The van der Waals surface area contributed by atoms with Gasteiger partial charge in [0.1, 0.15) is 0 Å². The molecule has 96 valence electrons. The van der Waals surface area contributed by atoms with Crippen LogP contribution >= 0.6 is 0 Å². The fourth-order valence-electron chi connectivity index (χ4n) is 2.17. The van der Waals surface area contributed by atoms with Crippen molar-refractivity contribution in [3.8, 4) is 0 Å². The first-order valence-corrected chi connectivity index (χ1v) is 6.19. The number of aryl methyl sites for hydroxylation is 2. The molecule has 4 heteroatoms. The van der Waals surface area contributed by atoms with Gasteiger partial charge in [0.2, 0.25) is 11.8 Å². The lowest BCUT2D eigenvalue weighted by atomic mass is 10.0. The Morgan fingerprint density at radius 3 is 2.78 bits per heavy atom. The summed E-state index contributed by atoms with van der Waals surface area (Å²) in [4.78, 5) is 22.6. The maximum atomic E-state index is 11.6. The molecule has 1 unspecified atom stereocenters. The smallest absolute Gasteiger partial charge is 0.243 e. The molecule has 18 heavy (non-hydrogen) atoms. The van der Waals surface area contributed by atoms with Crippen molar-refractivity contribution < 1.29 is 9.59 Å². The summed E-state index contributed by atoms with van der Waals surface area (Å²) in [6.45, 7) is 4.78. The Kier molecular flexibility index (Phi) is 3.77. The zero-order chi connectivity index (χ0) is 13.1. The fourth-order valence-corrected chi connectivity index (χ4v) is 2.17. The van der Waals surface area contributed by atoms with E-state index in [9.17, 15) is 9.59 Å². The van der Waals surface area contributed by atoms with Crippen LogP contribution in [0.2, 0.25) is 0 Å². The first kappa shape index (κ1) is 12.8. The minimum Gasteiger partial charge on any atom is -0.302 e. The van der Waals surface area contributed by atoms with Crippen LogP contribution in [-0.2, 0) is 16.1 Å². The van der Waals surface area contributed by atoms with Gasteiger partial charge in [-0.15, -0.1) is 0 Å². The lowest BCUT2D eigenvalue weighted by Crippen LogP contribution is -2.50. The largest absolute Gasteiger partial charge is 0.302 e. The number of carbonyl (C=O) groups excluding carboxylic acids is 2. The molecule has 1 aromatic rings. The number of carbonyl (C=O) groups is 2. The van der Waals surface area contributed by atoms with Crippen LogP contribution in [0.5, 0.6) is 0 Å². The third-order valence-electron chi connectivity index (χ3n) is 3.28. The Bertz CT molecular complexity index is 483. The van der Waals surface area contributed by atoms with Gasteiger partial charge < -0.3 is 5.32 Å². The van der Waals surface area contributed by atoms with Gasteiger partial charge in [-0.3, -0.25) is 14.9 Å². The molecular formula is C14H18N2O2. The summed E-state index contributed by atoms with van der Waals surface area (Å²) in [5.74, 6) is -0.388. The van der Waals surface area contributed by atoms with E-state index in [4.69, 9.17) is 0 Å². The summed E-state index contributed by atoms with van der Waals surface area (Å²) < 4.78 is 0. The number of piperidine rings is 1. The van der Waals surface area contributed by atoms with Gasteiger partial charge in [0.15, 0.2) is 0 Å². The SMILES string of the molecule is Cc1ccc(CNC2CCC(=O)NC2=O)c(C)c1. The van der Waals surface area contributed by atoms with Crippen LogP contribution in [0.3, 0.4) is 0 Å². The third kappa shape index (κ3) is 2.96. The normalized spacial score (nSPS) is 19.8. The summed E-state index contributed by atoms with van der Waals surface area (Å²) in [6.07, 6.45) is 0.992. The molecule has 1 atom stereocenters. The van der Waals surface area contributed by atoms with E-state index in [0.717, 1.165) is 0 Å². The van der Waals surface area contributed by atoms with Crippen molar-refractivity contribution in [2.45, 2.75) is 39.3 Å². The molecule has 2 rings (SSSR count). The Hall–Kier alpha value is -1.68. The third-order valence-corrected chi connectivity index (χ3v) is 3.28. The number of amides is 2. The standard InChI is InChI=1S/C14H18N2O2/c1-9-3-4-11(10(2)7-9)8-15-12-5-6-13(17)16-14(12)18/h3-4,7,12,15H,5-6,8H2,1-2H3,(H,16,17,18). The number of hydrogen-bond acceptors (Lipinski definition) is 3. The topological polar surface area (TPSA) is 58.2 Å². The average molecular weight is 246 g/mol. The molecule has 2 amide bonds. The Morgan fingerprint density at radius 1 is 1.33 bits per heavy atom. The molecule has 0 spiro atoms. The van der Waals surface area contributed by atoms with Crippen LogP contribution in [0.15, 0.2) is 18.2 Å². The molecular weight excluding hydrogens is 228 g/mol. The first-order chi connectivity index (χ1) is 8.56. The van der Waals surface area contributed by atoms with Gasteiger partial charge in [0.05, 0.1) is 6.04 Å². The highest BCUT2D eigenvalue weighted by molar-refractivity contribution is 6.00. The predicted octanol–water partition coefficient (Wildman–Crippen LogP) is 1.20. The van der Waals surface area contributed by atoms with Crippen molar-refractivity contribution in [2.24, 2.45) is 0 Å². The maximum absolute atomic E-state index is 11.6. The highest BCUT2D eigenvalue weighted by atomic mass is 16.2. The van der Waals surface area contributed by atoms with Gasteiger partial charge in [-0.1, -0.05) is 23.8 Å². The number of hydrogen-bond donors (Lipinski definition) is 2. The van der Waals surface area contributed by atoms with E-state index in [0.29, 0.717) is 19.4 Å². The molecule has 1 aliphatic heterocycles. The molecule has 1 saturated heterocycles.